The monoisotopic (exact) mass is 830 g/mol. The first-order chi connectivity index (χ1) is 29.2. The number of nitrogens with one attached hydrogen (secondary N) is 6. The molecule has 0 fully saturated rings. The summed E-state index contributed by atoms with van der Waals surface area (Å²) in [5, 5.41) is 41.8. The minimum Gasteiger partial charge on any atom is -0.508 e. The molecule has 17 heteroatoms. The number of phenolic OH excluding ortho intramolecular Hbond substituents is 2. The predicted octanol–water partition coefficient (Wildman–Crippen LogP) is 1.56. The summed E-state index contributed by atoms with van der Waals surface area (Å²) < 4.78 is 0. The molecule has 0 aliphatic carbocycles. The SMILES string of the molecule is NC(=O)C[C@H](NC(=O)[C@@H](N)Cc1c[nH]c2ccccc12)C(=O)N[C@@H](Cc1ccc(O)cc1)C(=O)N[C@@H](Cc1ccc(O)cc1)C(=O)N[C@@H](Cc1c[nH]c2ccccc12)C(=O)O. The van der Waals surface area contributed by atoms with Crippen LogP contribution >= 0.6 is 0 Å². The molecule has 2 heterocycles. The smallest absolute Gasteiger partial charge is 0.326 e. The molecule has 0 aliphatic heterocycles. The van der Waals surface area contributed by atoms with Crippen LogP contribution in [0, 0.1) is 0 Å². The van der Waals surface area contributed by atoms with Crippen molar-refractivity contribution in [3.05, 3.63) is 132 Å². The minimum absolute atomic E-state index is 0.0494. The number of aromatic amines is 2. The maximum Gasteiger partial charge on any atom is 0.326 e. The van der Waals surface area contributed by atoms with Crippen LogP contribution in [0.15, 0.2) is 109 Å². The topological polar surface area (TPSA) is 295 Å². The molecular formula is C44H46N8O9. The maximum atomic E-state index is 14.3. The van der Waals surface area contributed by atoms with Gasteiger partial charge in [0.1, 0.15) is 35.7 Å². The van der Waals surface area contributed by atoms with Crippen molar-refractivity contribution in [2.24, 2.45) is 11.5 Å². The van der Waals surface area contributed by atoms with E-state index in [1.165, 1.54) is 48.5 Å². The van der Waals surface area contributed by atoms with Gasteiger partial charge < -0.3 is 58.0 Å². The molecule has 0 spiro atoms. The van der Waals surface area contributed by atoms with Gasteiger partial charge in [-0.3, -0.25) is 24.0 Å². The van der Waals surface area contributed by atoms with Gasteiger partial charge in [0.2, 0.25) is 29.5 Å². The number of fused-ring (bicyclic) bond motifs is 2. The molecule has 2 aromatic heterocycles. The van der Waals surface area contributed by atoms with Crippen molar-refractivity contribution >= 4 is 57.3 Å². The summed E-state index contributed by atoms with van der Waals surface area (Å²) >= 11 is 0. The number of para-hydroxylation sites is 2. The lowest BCUT2D eigenvalue weighted by Gasteiger charge is -2.26. The number of nitrogens with two attached hydrogens (primary N) is 2. The Balaban J connectivity index is 1.22. The van der Waals surface area contributed by atoms with Crippen LogP contribution in [-0.4, -0.2) is 91.0 Å². The molecule has 5 amide bonds. The van der Waals surface area contributed by atoms with Gasteiger partial charge in [0, 0.05) is 53.5 Å². The van der Waals surface area contributed by atoms with E-state index in [2.05, 4.69) is 31.2 Å². The molecule has 0 saturated heterocycles. The molecule has 6 aromatic rings. The summed E-state index contributed by atoms with van der Waals surface area (Å²) in [6, 6.07) is 19.3. The third-order valence-corrected chi connectivity index (χ3v) is 10.2. The van der Waals surface area contributed by atoms with E-state index < -0.39 is 72.1 Å². The molecule has 61 heavy (non-hydrogen) atoms. The molecular weight excluding hydrogens is 785 g/mol. The second-order valence-corrected chi connectivity index (χ2v) is 14.7. The highest BCUT2D eigenvalue weighted by Gasteiger charge is 2.33. The molecule has 0 saturated carbocycles. The van der Waals surface area contributed by atoms with Gasteiger partial charge in [0.25, 0.3) is 0 Å². The number of carbonyl (C=O) groups excluding carboxylic acids is 5. The Bertz CT molecular complexity index is 2530. The maximum absolute atomic E-state index is 14.3. The van der Waals surface area contributed by atoms with Crippen molar-refractivity contribution in [1.82, 2.24) is 31.2 Å². The van der Waals surface area contributed by atoms with Crippen molar-refractivity contribution in [3.63, 3.8) is 0 Å². The van der Waals surface area contributed by atoms with Crippen molar-refractivity contribution in [2.45, 2.75) is 62.3 Å². The lowest BCUT2D eigenvalue weighted by Crippen LogP contribution is -2.59. The van der Waals surface area contributed by atoms with Gasteiger partial charge >= 0.3 is 5.97 Å². The molecule has 0 radical (unpaired) electrons. The summed E-state index contributed by atoms with van der Waals surface area (Å²) in [4.78, 5) is 86.5. The van der Waals surface area contributed by atoms with Gasteiger partial charge in [0.05, 0.1) is 12.5 Å². The Morgan fingerprint density at radius 3 is 1.39 bits per heavy atom. The number of benzene rings is 4. The third kappa shape index (κ3) is 11.3. The van der Waals surface area contributed by atoms with Crippen molar-refractivity contribution in [3.8, 4) is 11.5 Å². The van der Waals surface area contributed by atoms with Gasteiger partial charge in [-0.05, 0) is 65.1 Å². The van der Waals surface area contributed by atoms with E-state index in [9.17, 15) is 44.1 Å². The fraction of sp³-hybridized carbons (Fsp3) is 0.227. The number of phenols is 2. The minimum atomic E-state index is -1.56. The molecule has 4 aromatic carbocycles. The van der Waals surface area contributed by atoms with Crippen LogP contribution in [0.1, 0.15) is 28.7 Å². The zero-order valence-corrected chi connectivity index (χ0v) is 32.8. The number of primary amides is 1. The number of H-pyrrole nitrogens is 2. The van der Waals surface area contributed by atoms with E-state index in [1.54, 1.807) is 18.5 Å². The summed E-state index contributed by atoms with van der Waals surface area (Å²) in [6.45, 7) is 0. The van der Waals surface area contributed by atoms with Gasteiger partial charge in [-0.2, -0.15) is 0 Å². The molecule has 13 N–H and O–H groups in total. The first-order valence-electron chi connectivity index (χ1n) is 19.4. The van der Waals surface area contributed by atoms with Crippen LogP contribution in [0.25, 0.3) is 21.8 Å². The van der Waals surface area contributed by atoms with Gasteiger partial charge in [0.15, 0.2) is 0 Å². The van der Waals surface area contributed by atoms with Crippen LogP contribution in [0.2, 0.25) is 0 Å². The number of hydrogen-bond acceptors (Lipinski definition) is 9. The zero-order valence-electron chi connectivity index (χ0n) is 32.8. The molecule has 0 aliphatic rings. The number of carboxylic acids is 1. The Labute approximate surface area is 348 Å². The number of rotatable bonds is 19. The Hall–Kier alpha value is -7.66. The van der Waals surface area contributed by atoms with Gasteiger partial charge in [-0.15, -0.1) is 0 Å². The van der Waals surface area contributed by atoms with Crippen LogP contribution in [-0.2, 0) is 54.5 Å². The predicted molar refractivity (Wildman–Crippen MR) is 225 cm³/mol. The van der Waals surface area contributed by atoms with Crippen LogP contribution < -0.4 is 32.7 Å². The third-order valence-electron chi connectivity index (χ3n) is 10.2. The Morgan fingerprint density at radius 1 is 0.525 bits per heavy atom. The Kier molecular flexibility index (Phi) is 13.7. The number of aromatic hydroxyl groups is 2. The number of aliphatic carboxylic acids is 1. The van der Waals surface area contributed by atoms with E-state index in [0.29, 0.717) is 16.7 Å². The van der Waals surface area contributed by atoms with E-state index in [1.807, 2.05) is 42.5 Å². The van der Waals surface area contributed by atoms with E-state index in [-0.39, 0.29) is 37.2 Å². The van der Waals surface area contributed by atoms with E-state index in [4.69, 9.17) is 11.5 Å². The first-order valence-corrected chi connectivity index (χ1v) is 19.4. The summed E-state index contributed by atoms with van der Waals surface area (Å²) in [6.07, 6.45) is 2.37. The highest BCUT2D eigenvalue weighted by molar-refractivity contribution is 5.97. The first kappa shape index (κ1) is 42.9. The second-order valence-electron chi connectivity index (χ2n) is 14.7. The second kappa shape index (κ2) is 19.4. The van der Waals surface area contributed by atoms with E-state index in [0.717, 1.165) is 27.4 Å². The number of amides is 5. The van der Waals surface area contributed by atoms with Gasteiger partial charge in [-0.1, -0.05) is 60.7 Å². The van der Waals surface area contributed by atoms with Crippen LogP contribution in [0.3, 0.4) is 0 Å². The molecule has 5 atom stereocenters. The van der Waals surface area contributed by atoms with E-state index >= 15 is 0 Å². The fourth-order valence-electron chi connectivity index (χ4n) is 7.01. The number of hydrogen-bond donors (Lipinski definition) is 11. The number of carbonyl (C=O) groups is 6. The normalized spacial score (nSPS) is 13.7. The number of aromatic nitrogens is 2. The zero-order chi connectivity index (χ0) is 43.6. The van der Waals surface area contributed by atoms with Gasteiger partial charge in [-0.25, -0.2) is 4.79 Å². The standard InChI is InChI=1S/C44H46N8O9/c45-32(19-26-22-47-33-7-3-1-5-30(26)33)40(56)49-37(21-39(46)55)43(59)51-35(17-24-9-13-28(53)14-10-24)41(57)50-36(18-25-11-15-29(54)16-12-25)42(58)52-38(44(60)61)20-27-23-48-34-8-4-2-6-31(27)34/h1-16,22-23,32,35-38,47-48,53-54H,17-21,45H2,(H2,46,55)(H,49,56)(H,50,57)(H,51,59)(H,52,58)(H,60,61)/t32-,35-,36-,37-,38-/m0/s1. The quantitative estimate of drug-likeness (QED) is 0.0560. The lowest BCUT2D eigenvalue weighted by atomic mass is 10.0. The molecule has 0 bridgehead atoms. The number of carboxylic acid groups (broad SMARTS) is 1. The average Bonchev–Trinajstić information content (AvgIpc) is 3.84. The highest BCUT2D eigenvalue weighted by atomic mass is 16.4. The largest absolute Gasteiger partial charge is 0.508 e. The molecule has 0 unspecified atom stereocenters. The van der Waals surface area contributed by atoms with Crippen LogP contribution in [0.5, 0.6) is 11.5 Å². The summed E-state index contributed by atoms with van der Waals surface area (Å²) in [5.41, 5.74) is 15.7. The van der Waals surface area contributed by atoms with Crippen molar-refractivity contribution in [1.29, 1.82) is 0 Å². The van der Waals surface area contributed by atoms with Crippen LogP contribution in [0.4, 0.5) is 0 Å². The molecule has 17 nitrogen and oxygen atoms in total. The highest BCUT2D eigenvalue weighted by Crippen LogP contribution is 2.21. The molecule has 6 rings (SSSR count). The summed E-state index contributed by atoms with van der Waals surface area (Å²) in [5.74, 6) is -5.84. The summed E-state index contributed by atoms with van der Waals surface area (Å²) in [7, 11) is 0. The molecule has 316 valence electrons. The van der Waals surface area contributed by atoms with Crippen molar-refractivity contribution in [2.75, 3.05) is 0 Å². The Morgan fingerprint density at radius 2 is 0.934 bits per heavy atom. The van der Waals surface area contributed by atoms with Crippen molar-refractivity contribution < 1.29 is 44.1 Å². The fourth-order valence-corrected chi connectivity index (χ4v) is 7.01. The average molecular weight is 831 g/mol. The lowest BCUT2D eigenvalue weighted by molar-refractivity contribution is -0.142.